The lowest BCUT2D eigenvalue weighted by Crippen LogP contribution is -2.73. The third-order valence-electron chi connectivity index (χ3n) is 3.16. The quantitative estimate of drug-likeness (QED) is 0.509. The molecule has 1 spiro atoms. The van der Waals surface area contributed by atoms with Crippen molar-refractivity contribution in [2.75, 3.05) is 45.2 Å². The maximum atomic E-state index is 11.5. The van der Waals surface area contributed by atoms with E-state index in [2.05, 4.69) is 9.80 Å². The first-order valence-corrected chi connectivity index (χ1v) is 6.36. The first-order valence-electron chi connectivity index (χ1n) is 4.54. The molecule has 5 heteroatoms. The fourth-order valence-electron chi connectivity index (χ4n) is 2.40. The molecule has 0 aromatic heterocycles. The normalized spacial score (nSPS) is 33.1. The van der Waals surface area contributed by atoms with Crippen LogP contribution in [-0.2, 0) is 9.84 Å². The molecule has 13 heavy (non-hydrogen) atoms. The van der Waals surface area contributed by atoms with Crippen molar-refractivity contribution in [3.63, 3.8) is 0 Å². The molecule has 2 fully saturated rings. The molecule has 0 atom stereocenters. The Morgan fingerprint density at radius 1 is 1.23 bits per heavy atom. The summed E-state index contributed by atoms with van der Waals surface area (Å²) in [5.41, 5.74) is -0.0637. The minimum atomic E-state index is -2.78. The van der Waals surface area contributed by atoms with Crippen molar-refractivity contribution in [3.8, 4) is 0 Å². The van der Waals surface area contributed by atoms with Crippen molar-refractivity contribution in [2.45, 2.75) is 5.54 Å². The lowest BCUT2D eigenvalue weighted by Gasteiger charge is -2.55. The highest BCUT2D eigenvalue weighted by Crippen LogP contribution is 2.30. The zero-order valence-corrected chi connectivity index (χ0v) is 8.97. The SMILES string of the molecule is CN1CC2(C1)CS(=O)(=O)CCN2C. The topological polar surface area (TPSA) is 40.6 Å². The second-order valence-electron chi connectivity index (χ2n) is 4.41. The van der Waals surface area contributed by atoms with E-state index >= 15 is 0 Å². The van der Waals surface area contributed by atoms with Crippen molar-refractivity contribution in [2.24, 2.45) is 0 Å². The van der Waals surface area contributed by atoms with Crippen molar-refractivity contribution in [1.29, 1.82) is 0 Å². The Morgan fingerprint density at radius 3 is 2.38 bits per heavy atom. The van der Waals surface area contributed by atoms with Crippen LogP contribution in [0, 0.1) is 0 Å². The van der Waals surface area contributed by atoms with Crippen LogP contribution in [0.4, 0.5) is 0 Å². The van der Waals surface area contributed by atoms with E-state index < -0.39 is 9.84 Å². The molecule has 2 aliphatic heterocycles. The first-order chi connectivity index (χ1) is 5.94. The Bertz CT molecular complexity index is 306. The van der Waals surface area contributed by atoms with Gasteiger partial charge in [-0.25, -0.2) is 8.42 Å². The van der Waals surface area contributed by atoms with Crippen LogP contribution in [0.25, 0.3) is 0 Å². The highest BCUT2D eigenvalue weighted by Gasteiger charge is 2.49. The second-order valence-corrected chi connectivity index (χ2v) is 6.59. The summed E-state index contributed by atoms with van der Waals surface area (Å²) in [4.78, 5) is 4.37. The fraction of sp³-hybridized carbons (Fsp3) is 1.00. The molecule has 0 radical (unpaired) electrons. The average Bonchev–Trinajstić information content (AvgIpc) is 1.94. The molecule has 2 aliphatic rings. The lowest BCUT2D eigenvalue weighted by molar-refractivity contribution is -0.0115. The number of sulfone groups is 1. The summed E-state index contributed by atoms with van der Waals surface area (Å²) in [6.45, 7) is 2.47. The third kappa shape index (κ3) is 1.49. The minimum absolute atomic E-state index is 0.0637. The Balaban J connectivity index is 2.18. The van der Waals surface area contributed by atoms with E-state index in [1.807, 2.05) is 14.1 Å². The number of likely N-dealkylation sites (N-methyl/N-ethyl adjacent to an activating group) is 2. The first kappa shape index (κ1) is 9.43. The van der Waals surface area contributed by atoms with Crippen LogP contribution in [0.15, 0.2) is 0 Å². The Labute approximate surface area is 79.4 Å². The monoisotopic (exact) mass is 204 g/mol. The standard InChI is InChI=1S/C8H16N2O2S/c1-9-5-8(6-9)7-13(11,12)4-3-10(8)2/h3-7H2,1-2H3. The molecule has 76 valence electrons. The molecular weight excluding hydrogens is 188 g/mol. The summed E-state index contributed by atoms with van der Waals surface area (Å²) < 4.78 is 22.9. The highest BCUT2D eigenvalue weighted by molar-refractivity contribution is 7.91. The van der Waals surface area contributed by atoms with Crippen molar-refractivity contribution >= 4 is 9.84 Å². The van der Waals surface area contributed by atoms with Gasteiger partial charge in [0.05, 0.1) is 17.0 Å². The molecule has 0 saturated carbocycles. The van der Waals surface area contributed by atoms with Gasteiger partial charge in [0.2, 0.25) is 0 Å². The zero-order chi connectivity index (χ0) is 9.69. The van der Waals surface area contributed by atoms with E-state index in [1.165, 1.54) is 0 Å². The summed E-state index contributed by atoms with van der Waals surface area (Å²) in [5, 5.41) is 0. The van der Waals surface area contributed by atoms with Gasteiger partial charge in [-0.3, -0.25) is 4.90 Å². The summed E-state index contributed by atoms with van der Waals surface area (Å²) in [6, 6.07) is 0. The molecule has 0 aliphatic carbocycles. The van der Waals surface area contributed by atoms with Crippen LogP contribution in [0.3, 0.4) is 0 Å². The molecule has 0 aromatic carbocycles. The summed E-state index contributed by atoms with van der Waals surface area (Å²) in [6.07, 6.45) is 0. The Hall–Kier alpha value is -0.130. The van der Waals surface area contributed by atoms with Crippen LogP contribution in [0.1, 0.15) is 0 Å². The third-order valence-corrected chi connectivity index (χ3v) is 4.95. The molecule has 4 nitrogen and oxygen atoms in total. The molecule has 0 amide bonds. The van der Waals surface area contributed by atoms with E-state index in [0.717, 1.165) is 13.1 Å². The van der Waals surface area contributed by atoms with E-state index in [-0.39, 0.29) is 5.54 Å². The largest absolute Gasteiger partial charge is 0.303 e. The predicted octanol–water partition coefficient (Wildman–Crippen LogP) is -0.969. The van der Waals surface area contributed by atoms with Gasteiger partial charge in [-0.2, -0.15) is 0 Å². The average molecular weight is 204 g/mol. The van der Waals surface area contributed by atoms with Gasteiger partial charge < -0.3 is 4.90 Å². The zero-order valence-electron chi connectivity index (χ0n) is 8.15. The molecule has 2 heterocycles. The summed E-state index contributed by atoms with van der Waals surface area (Å²) in [7, 11) is 1.28. The maximum Gasteiger partial charge on any atom is 0.153 e. The molecule has 0 N–H and O–H groups in total. The van der Waals surface area contributed by atoms with Gasteiger partial charge >= 0.3 is 0 Å². The van der Waals surface area contributed by atoms with E-state index in [1.54, 1.807) is 0 Å². The van der Waals surface area contributed by atoms with Gasteiger partial charge in [0.25, 0.3) is 0 Å². The molecule has 0 bridgehead atoms. The molecule has 0 unspecified atom stereocenters. The van der Waals surface area contributed by atoms with Crippen LogP contribution in [0.5, 0.6) is 0 Å². The number of hydrogen-bond acceptors (Lipinski definition) is 4. The van der Waals surface area contributed by atoms with Crippen molar-refractivity contribution < 1.29 is 8.42 Å². The van der Waals surface area contributed by atoms with Gasteiger partial charge in [0, 0.05) is 19.6 Å². The van der Waals surface area contributed by atoms with Crippen LogP contribution in [-0.4, -0.2) is 69.0 Å². The second kappa shape index (κ2) is 2.68. The smallest absolute Gasteiger partial charge is 0.153 e. The van der Waals surface area contributed by atoms with E-state index in [0.29, 0.717) is 18.1 Å². The van der Waals surface area contributed by atoms with E-state index in [4.69, 9.17) is 0 Å². The van der Waals surface area contributed by atoms with Crippen LogP contribution < -0.4 is 0 Å². The summed E-state index contributed by atoms with van der Waals surface area (Å²) >= 11 is 0. The number of rotatable bonds is 0. The molecule has 0 aromatic rings. The molecule has 2 rings (SSSR count). The lowest BCUT2D eigenvalue weighted by atomic mass is 9.91. The van der Waals surface area contributed by atoms with Crippen molar-refractivity contribution in [1.82, 2.24) is 9.80 Å². The van der Waals surface area contributed by atoms with Crippen molar-refractivity contribution in [3.05, 3.63) is 0 Å². The number of nitrogens with zero attached hydrogens (tertiary/aromatic N) is 2. The molecular formula is C8H16N2O2S. The minimum Gasteiger partial charge on any atom is -0.303 e. The Morgan fingerprint density at radius 2 is 1.85 bits per heavy atom. The van der Waals surface area contributed by atoms with Gasteiger partial charge in [0.15, 0.2) is 9.84 Å². The van der Waals surface area contributed by atoms with Crippen LogP contribution in [0.2, 0.25) is 0 Å². The maximum absolute atomic E-state index is 11.5. The molecule has 2 saturated heterocycles. The van der Waals surface area contributed by atoms with Gasteiger partial charge in [-0.05, 0) is 14.1 Å². The Kier molecular flexibility index (Phi) is 1.94. The van der Waals surface area contributed by atoms with Crippen LogP contribution >= 0.6 is 0 Å². The van der Waals surface area contributed by atoms with Gasteiger partial charge in [0.1, 0.15) is 0 Å². The summed E-state index contributed by atoms with van der Waals surface area (Å²) in [5.74, 6) is 0.676. The number of hydrogen-bond donors (Lipinski definition) is 0. The number of likely N-dealkylation sites (tertiary alicyclic amines) is 1. The fourth-order valence-corrected chi connectivity index (χ4v) is 4.31. The predicted molar refractivity (Wildman–Crippen MR) is 51.5 cm³/mol. The van der Waals surface area contributed by atoms with Gasteiger partial charge in [-0.1, -0.05) is 0 Å². The van der Waals surface area contributed by atoms with E-state index in [9.17, 15) is 8.42 Å². The van der Waals surface area contributed by atoms with Gasteiger partial charge in [-0.15, -0.1) is 0 Å². The highest BCUT2D eigenvalue weighted by atomic mass is 32.2.